The molecule has 1 unspecified atom stereocenters. The third kappa shape index (κ3) is 1.77. The number of alkyl halides is 1. The highest BCUT2D eigenvalue weighted by molar-refractivity contribution is 5.49. The molecule has 1 N–H and O–H groups in total. The quantitative estimate of drug-likeness (QED) is 0.832. The Morgan fingerprint density at radius 2 is 2.07 bits per heavy atom. The molecule has 1 aliphatic heterocycles. The third-order valence-corrected chi connectivity index (χ3v) is 2.58. The minimum Gasteiger partial charge on any atom is -0.454 e. The fourth-order valence-corrected chi connectivity index (χ4v) is 1.67. The molecule has 0 spiro atoms. The number of rotatable bonds is 3. The second-order valence-corrected chi connectivity index (χ2v) is 3.62. The minimum absolute atomic E-state index is 0.00730. The first-order valence-corrected chi connectivity index (χ1v) is 4.85. The van der Waals surface area contributed by atoms with Crippen LogP contribution in [-0.4, -0.2) is 18.5 Å². The van der Waals surface area contributed by atoms with Gasteiger partial charge in [-0.2, -0.15) is 0 Å². The third-order valence-electron chi connectivity index (χ3n) is 2.58. The Hall–Kier alpha value is -1.29. The van der Waals surface area contributed by atoms with E-state index in [1.54, 1.807) is 12.1 Å². The average Bonchev–Trinajstić information content (AvgIpc) is 2.73. The van der Waals surface area contributed by atoms with Crippen LogP contribution in [0.1, 0.15) is 24.0 Å². The summed E-state index contributed by atoms with van der Waals surface area (Å²) in [6.07, 6.45) is 0. The highest BCUT2D eigenvalue weighted by atomic mass is 19.1. The molecule has 0 amide bonds. The fraction of sp³-hybridized carbons (Fsp3) is 0.455. The van der Waals surface area contributed by atoms with Crippen molar-refractivity contribution in [3.63, 3.8) is 0 Å². The summed E-state index contributed by atoms with van der Waals surface area (Å²) in [6.45, 7) is 1.46. The molecule has 2 rings (SSSR count). The Morgan fingerprint density at radius 3 is 2.67 bits per heavy atom. The van der Waals surface area contributed by atoms with E-state index in [0.717, 1.165) is 5.56 Å². The van der Waals surface area contributed by atoms with Crippen molar-refractivity contribution in [3.05, 3.63) is 23.3 Å². The lowest BCUT2D eigenvalue weighted by atomic mass is 9.96. The first-order valence-electron chi connectivity index (χ1n) is 4.85. The Bertz CT molecular complexity index is 365. The van der Waals surface area contributed by atoms with Crippen LogP contribution >= 0.6 is 0 Å². The van der Waals surface area contributed by atoms with Crippen molar-refractivity contribution in [2.75, 3.05) is 13.4 Å². The van der Waals surface area contributed by atoms with Crippen molar-refractivity contribution in [1.82, 2.24) is 0 Å². The Kier molecular flexibility index (Phi) is 2.77. The zero-order valence-corrected chi connectivity index (χ0v) is 8.50. The van der Waals surface area contributed by atoms with Gasteiger partial charge in [0, 0.05) is 12.5 Å². The van der Waals surface area contributed by atoms with Gasteiger partial charge in [-0.3, -0.25) is 0 Å². The summed E-state index contributed by atoms with van der Waals surface area (Å²) < 4.78 is 23.1. The number of hydrogen-bond donors (Lipinski definition) is 1. The molecule has 0 saturated heterocycles. The molecule has 1 aromatic rings. The lowest BCUT2D eigenvalue weighted by Gasteiger charge is -2.13. The van der Waals surface area contributed by atoms with Gasteiger partial charge in [0.05, 0.1) is 0 Å². The molecule has 0 saturated carbocycles. The molecule has 0 bridgehead atoms. The van der Waals surface area contributed by atoms with Crippen molar-refractivity contribution in [1.29, 1.82) is 0 Å². The minimum atomic E-state index is -0.559. The van der Waals surface area contributed by atoms with Gasteiger partial charge in [-0.05, 0) is 23.3 Å². The second-order valence-electron chi connectivity index (χ2n) is 3.62. The van der Waals surface area contributed by atoms with Crippen LogP contribution < -0.4 is 9.47 Å². The predicted octanol–water partition coefficient (Wildman–Crippen LogP) is 1.98. The first-order chi connectivity index (χ1) is 7.26. The van der Waals surface area contributed by atoms with Crippen molar-refractivity contribution in [3.8, 4) is 11.5 Å². The SMILES string of the molecule is CC(CO)c1cc2c(cc1CF)OCO2. The summed E-state index contributed by atoms with van der Waals surface area (Å²) in [5.74, 6) is 1.12. The van der Waals surface area contributed by atoms with E-state index in [1.807, 2.05) is 6.92 Å². The summed E-state index contributed by atoms with van der Waals surface area (Å²) >= 11 is 0. The van der Waals surface area contributed by atoms with Crippen LogP contribution in [0.25, 0.3) is 0 Å². The summed E-state index contributed by atoms with van der Waals surface area (Å²) in [7, 11) is 0. The van der Waals surface area contributed by atoms with Gasteiger partial charge >= 0.3 is 0 Å². The van der Waals surface area contributed by atoms with Gasteiger partial charge in [-0.25, -0.2) is 4.39 Å². The molecule has 1 aromatic carbocycles. The van der Waals surface area contributed by atoms with Crippen LogP contribution in [0, 0.1) is 0 Å². The van der Waals surface area contributed by atoms with Crippen molar-refractivity contribution >= 4 is 0 Å². The standard InChI is InChI=1S/C11H13FO3/c1-7(5-13)9-3-11-10(14-6-15-11)2-8(9)4-12/h2-3,7,13H,4-6H2,1H3. The number of benzene rings is 1. The van der Waals surface area contributed by atoms with E-state index in [-0.39, 0.29) is 19.3 Å². The summed E-state index contributed by atoms with van der Waals surface area (Å²) in [6, 6.07) is 3.39. The van der Waals surface area contributed by atoms with E-state index in [4.69, 9.17) is 14.6 Å². The van der Waals surface area contributed by atoms with Crippen LogP contribution in [0.15, 0.2) is 12.1 Å². The molecule has 1 aliphatic rings. The lowest BCUT2D eigenvalue weighted by molar-refractivity contribution is 0.174. The highest BCUT2D eigenvalue weighted by Crippen LogP contribution is 2.37. The van der Waals surface area contributed by atoms with Gasteiger partial charge in [0.1, 0.15) is 6.67 Å². The van der Waals surface area contributed by atoms with E-state index in [0.29, 0.717) is 17.1 Å². The Balaban J connectivity index is 2.44. The molecule has 1 atom stereocenters. The predicted molar refractivity (Wildman–Crippen MR) is 52.9 cm³/mol. The summed E-state index contributed by atoms with van der Waals surface area (Å²) in [5, 5.41) is 9.06. The normalized spacial score (nSPS) is 15.4. The monoisotopic (exact) mass is 212 g/mol. The van der Waals surface area contributed by atoms with Gasteiger partial charge in [0.15, 0.2) is 11.5 Å². The van der Waals surface area contributed by atoms with Crippen LogP contribution in [0.3, 0.4) is 0 Å². The smallest absolute Gasteiger partial charge is 0.231 e. The largest absolute Gasteiger partial charge is 0.454 e. The van der Waals surface area contributed by atoms with Crippen molar-refractivity contribution in [2.45, 2.75) is 19.5 Å². The molecule has 3 nitrogen and oxygen atoms in total. The van der Waals surface area contributed by atoms with E-state index >= 15 is 0 Å². The number of ether oxygens (including phenoxy) is 2. The summed E-state index contributed by atoms with van der Waals surface area (Å²) in [5.41, 5.74) is 1.34. The van der Waals surface area contributed by atoms with Crippen LogP contribution in [0.2, 0.25) is 0 Å². The Labute approximate surface area is 87.4 Å². The maximum absolute atomic E-state index is 12.8. The van der Waals surface area contributed by atoms with Gasteiger partial charge in [0.2, 0.25) is 6.79 Å². The van der Waals surface area contributed by atoms with Crippen LogP contribution in [0.4, 0.5) is 4.39 Å². The molecule has 82 valence electrons. The van der Waals surface area contributed by atoms with E-state index in [9.17, 15) is 4.39 Å². The van der Waals surface area contributed by atoms with Gasteiger partial charge in [-0.1, -0.05) is 6.92 Å². The molecule has 15 heavy (non-hydrogen) atoms. The zero-order valence-electron chi connectivity index (χ0n) is 8.50. The topological polar surface area (TPSA) is 38.7 Å². The molecule has 4 heteroatoms. The number of fused-ring (bicyclic) bond motifs is 1. The van der Waals surface area contributed by atoms with E-state index < -0.39 is 6.67 Å². The van der Waals surface area contributed by atoms with Crippen LogP contribution in [0.5, 0.6) is 11.5 Å². The lowest BCUT2D eigenvalue weighted by Crippen LogP contribution is -2.02. The Morgan fingerprint density at radius 1 is 1.40 bits per heavy atom. The number of halogens is 1. The fourth-order valence-electron chi connectivity index (χ4n) is 1.67. The maximum Gasteiger partial charge on any atom is 0.231 e. The molecular formula is C11H13FO3. The van der Waals surface area contributed by atoms with Crippen LogP contribution in [-0.2, 0) is 6.67 Å². The molecule has 0 aromatic heterocycles. The number of hydrogen-bond acceptors (Lipinski definition) is 3. The molecule has 0 radical (unpaired) electrons. The molecular weight excluding hydrogens is 199 g/mol. The summed E-state index contributed by atoms with van der Waals surface area (Å²) in [4.78, 5) is 0. The van der Waals surface area contributed by atoms with E-state index in [2.05, 4.69) is 0 Å². The molecule has 0 fully saturated rings. The molecule has 1 heterocycles. The van der Waals surface area contributed by atoms with Gasteiger partial charge in [0.25, 0.3) is 0 Å². The second kappa shape index (κ2) is 4.06. The van der Waals surface area contributed by atoms with Gasteiger partial charge < -0.3 is 14.6 Å². The molecule has 0 aliphatic carbocycles. The van der Waals surface area contributed by atoms with Gasteiger partial charge in [-0.15, -0.1) is 0 Å². The zero-order chi connectivity index (χ0) is 10.8. The van der Waals surface area contributed by atoms with Crippen molar-refractivity contribution in [2.24, 2.45) is 0 Å². The maximum atomic E-state index is 12.8. The number of aliphatic hydroxyl groups is 1. The first kappa shape index (κ1) is 10.2. The average molecular weight is 212 g/mol. The van der Waals surface area contributed by atoms with Crippen molar-refractivity contribution < 1.29 is 19.0 Å². The highest BCUT2D eigenvalue weighted by Gasteiger charge is 2.19. The number of aliphatic hydroxyl groups excluding tert-OH is 1. The van der Waals surface area contributed by atoms with E-state index in [1.165, 1.54) is 0 Å².